The maximum absolute atomic E-state index is 11.1. The van der Waals surface area contributed by atoms with E-state index in [4.69, 9.17) is 18.9 Å². The van der Waals surface area contributed by atoms with Gasteiger partial charge in [-0.2, -0.15) is 0 Å². The number of hydrogen-bond acceptors (Lipinski definition) is 8. The first-order valence-electron chi connectivity index (χ1n) is 12.1. The third-order valence-corrected chi connectivity index (χ3v) is 5.64. The van der Waals surface area contributed by atoms with Crippen LogP contribution in [0.2, 0.25) is 0 Å². The van der Waals surface area contributed by atoms with E-state index in [9.17, 15) is 19.8 Å². The van der Waals surface area contributed by atoms with Crippen molar-refractivity contribution >= 4 is 11.9 Å². The molecular formula is C29H36O8. The molecule has 0 aliphatic rings. The zero-order chi connectivity index (χ0) is 27.4. The molecule has 0 amide bonds. The fourth-order valence-corrected chi connectivity index (χ4v) is 3.71. The molecule has 200 valence electrons. The van der Waals surface area contributed by atoms with Gasteiger partial charge in [-0.1, -0.05) is 44.3 Å². The summed E-state index contributed by atoms with van der Waals surface area (Å²) in [7, 11) is 0. The number of benzene rings is 2. The first-order chi connectivity index (χ1) is 17.7. The fraction of sp³-hybridized carbons (Fsp3) is 0.379. The lowest BCUT2D eigenvalue weighted by molar-refractivity contribution is -0.142. The van der Waals surface area contributed by atoms with Crippen molar-refractivity contribution in [3.05, 3.63) is 84.0 Å². The van der Waals surface area contributed by atoms with Crippen LogP contribution >= 0.6 is 0 Å². The molecule has 0 saturated heterocycles. The molecule has 0 bridgehead atoms. The van der Waals surface area contributed by atoms with Crippen molar-refractivity contribution < 1.29 is 38.7 Å². The van der Waals surface area contributed by atoms with Crippen molar-refractivity contribution in [3.8, 4) is 11.5 Å². The smallest absolute Gasteiger partial charge is 0.330 e. The average Bonchev–Trinajstić information content (AvgIpc) is 2.89. The van der Waals surface area contributed by atoms with Crippen LogP contribution in [0.25, 0.3) is 0 Å². The Morgan fingerprint density at radius 2 is 1.19 bits per heavy atom. The molecule has 37 heavy (non-hydrogen) atoms. The van der Waals surface area contributed by atoms with E-state index in [1.165, 1.54) is 0 Å². The molecule has 2 N–H and O–H groups in total. The molecule has 0 aromatic heterocycles. The average molecular weight is 513 g/mol. The first kappa shape index (κ1) is 29.6. The number of rotatable bonds is 15. The lowest BCUT2D eigenvalue weighted by Gasteiger charge is -2.20. The predicted octanol–water partition coefficient (Wildman–Crippen LogP) is 3.78. The van der Waals surface area contributed by atoms with Gasteiger partial charge in [0.2, 0.25) is 0 Å². The van der Waals surface area contributed by atoms with E-state index in [0.29, 0.717) is 11.5 Å². The van der Waals surface area contributed by atoms with E-state index in [0.717, 1.165) is 40.8 Å². The summed E-state index contributed by atoms with van der Waals surface area (Å²) < 4.78 is 21.1. The Labute approximate surface area is 218 Å². The van der Waals surface area contributed by atoms with Crippen LogP contribution < -0.4 is 9.47 Å². The molecule has 2 aromatic carbocycles. The van der Waals surface area contributed by atoms with Gasteiger partial charge in [0.15, 0.2) is 0 Å². The Morgan fingerprint density at radius 3 is 1.51 bits per heavy atom. The molecule has 0 heterocycles. The Bertz CT molecular complexity index is 994. The quantitative estimate of drug-likeness (QED) is 0.274. The van der Waals surface area contributed by atoms with E-state index < -0.39 is 24.1 Å². The molecule has 8 heteroatoms. The molecule has 0 aliphatic carbocycles. The summed E-state index contributed by atoms with van der Waals surface area (Å²) in [4.78, 5) is 22.2. The highest BCUT2D eigenvalue weighted by Gasteiger charge is 2.17. The van der Waals surface area contributed by atoms with E-state index in [2.05, 4.69) is 32.2 Å². The Hall–Kier alpha value is -3.62. The normalized spacial score (nSPS) is 13.1. The third kappa shape index (κ3) is 9.40. The van der Waals surface area contributed by atoms with Gasteiger partial charge in [0.1, 0.15) is 50.1 Å². The first-order valence-corrected chi connectivity index (χ1v) is 12.1. The van der Waals surface area contributed by atoms with Crippen LogP contribution in [0, 0.1) is 13.8 Å². The highest BCUT2D eigenvalue weighted by atomic mass is 16.6. The Kier molecular flexibility index (Phi) is 11.9. The van der Waals surface area contributed by atoms with Crippen LogP contribution in [0.5, 0.6) is 11.5 Å². The summed E-state index contributed by atoms with van der Waals surface area (Å²) in [5.41, 5.74) is 4.10. The molecule has 0 saturated carbocycles. The van der Waals surface area contributed by atoms with E-state index in [1.54, 1.807) is 0 Å². The summed E-state index contributed by atoms with van der Waals surface area (Å²) in [5.74, 6) is 0.247. The van der Waals surface area contributed by atoms with Crippen molar-refractivity contribution in [1.82, 2.24) is 0 Å². The van der Waals surface area contributed by atoms with E-state index in [-0.39, 0.29) is 32.3 Å². The van der Waals surface area contributed by atoms with Crippen molar-refractivity contribution in [1.29, 1.82) is 0 Å². The predicted molar refractivity (Wildman–Crippen MR) is 140 cm³/mol. The summed E-state index contributed by atoms with van der Waals surface area (Å²) >= 11 is 0. The van der Waals surface area contributed by atoms with Crippen LogP contribution in [0.4, 0.5) is 0 Å². The molecule has 2 aromatic rings. The minimum Gasteiger partial charge on any atom is -0.490 e. The van der Waals surface area contributed by atoms with Crippen molar-refractivity contribution in [2.75, 3.05) is 26.4 Å². The maximum atomic E-state index is 11.1. The van der Waals surface area contributed by atoms with Gasteiger partial charge in [-0.3, -0.25) is 0 Å². The van der Waals surface area contributed by atoms with Crippen molar-refractivity contribution in [2.45, 2.75) is 45.3 Å². The van der Waals surface area contributed by atoms with Crippen molar-refractivity contribution in [2.24, 2.45) is 0 Å². The van der Waals surface area contributed by atoms with Gasteiger partial charge in [-0.25, -0.2) is 9.59 Å². The van der Waals surface area contributed by atoms with Gasteiger partial charge >= 0.3 is 11.9 Å². The molecule has 8 nitrogen and oxygen atoms in total. The third-order valence-electron chi connectivity index (χ3n) is 5.64. The van der Waals surface area contributed by atoms with Crippen LogP contribution in [0.3, 0.4) is 0 Å². The second-order valence-electron chi connectivity index (χ2n) is 8.61. The number of carbonyl (C=O) groups is 2. The van der Waals surface area contributed by atoms with Gasteiger partial charge in [0.05, 0.1) is 0 Å². The van der Waals surface area contributed by atoms with Crippen molar-refractivity contribution in [3.63, 3.8) is 0 Å². The lowest BCUT2D eigenvalue weighted by Crippen LogP contribution is -2.25. The molecule has 0 aliphatic heterocycles. The van der Waals surface area contributed by atoms with Gasteiger partial charge < -0.3 is 29.2 Å². The van der Waals surface area contributed by atoms with Gasteiger partial charge in [-0.15, -0.1) is 0 Å². The summed E-state index contributed by atoms with van der Waals surface area (Å²) in [6.07, 6.45) is 1.07. The second-order valence-corrected chi connectivity index (χ2v) is 8.61. The number of esters is 2. The van der Waals surface area contributed by atoms with Gasteiger partial charge in [0, 0.05) is 18.1 Å². The summed E-state index contributed by atoms with van der Waals surface area (Å²) in [6.45, 7) is 12.3. The zero-order valence-corrected chi connectivity index (χ0v) is 21.6. The van der Waals surface area contributed by atoms with Crippen LogP contribution in [0.1, 0.15) is 41.5 Å². The molecule has 0 radical (unpaired) electrons. The molecule has 2 atom stereocenters. The number of ether oxygens (including phenoxy) is 4. The topological polar surface area (TPSA) is 112 Å². The fourth-order valence-electron chi connectivity index (χ4n) is 3.71. The highest BCUT2D eigenvalue weighted by Crippen LogP contribution is 2.33. The molecule has 2 rings (SSSR count). The minimum absolute atomic E-state index is 0.00609. The van der Waals surface area contributed by atoms with Gasteiger partial charge in [-0.05, 0) is 54.7 Å². The van der Waals surface area contributed by atoms with Crippen LogP contribution in [-0.2, 0) is 19.1 Å². The highest BCUT2D eigenvalue weighted by molar-refractivity contribution is 5.81. The monoisotopic (exact) mass is 512 g/mol. The van der Waals surface area contributed by atoms with E-state index in [1.807, 2.05) is 38.1 Å². The standard InChI is InChI=1S/C29H36O8/c1-6-25(21-9-11-26(19(4)13-21)34-15-23(30)17-36-28(32)7-2)22-10-12-27(20(5)14-22)35-16-24(31)18-37-29(33)8-3/h7-14,23-25,30-31H,2-3,6,15-18H2,1,4-5H3. The number of carbonyl (C=O) groups excluding carboxylic acids is 2. The number of hydrogen-bond donors (Lipinski definition) is 2. The van der Waals surface area contributed by atoms with Gasteiger partial charge in [0.25, 0.3) is 0 Å². The van der Waals surface area contributed by atoms with E-state index >= 15 is 0 Å². The lowest BCUT2D eigenvalue weighted by atomic mass is 9.87. The minimum atomic E-state index is -0.946. The Morgan fingerprint density at radius 1 is 0.784 bits per heavy atom. The molecule has 2 unspecified atom stereocenters. The second kappa shape index (κ2) is 14.8. The molecule has 0 spiro atoms. The van der Waals surface area contributed by atoms with Crippen LogP contribution in [0.15, 0.2) is 61.7 Å². The molecular weight excluding hydrogens is 476 g/mol. The maximum Gasteiger partial charge on any atom is 0.330 e. The summed E-state index contributed by atoms with van der Waals surface area (Å²) in [5, 5.41) is 19.9. The SMILES string of the molecule is C=CC(=O)OCC(O)COc1ccc(C(CC)c2ccc(OCC(O)COC(=O)C=C)c(C)c2)cc1C. The largest absolute Gasteiger partial charge is 0.490 e. The number of aryl methyl sites for hydroxylation is 2. The Balaban J connectivity index is 2.01. The number of aliphatic hydroxyl groups is 2. The molecule has 0 fully saturated rings. The van der Waals surface area contributed by atoms with Crippen LogP contribution in [-0.4, -0.2) is 60.8 Å². The zero-order valence-electron chi connectivity index (χ0n) is 21.6. The summed E-state index contributed by atoms with van der Waals surface area (Å²) in [6, 6.07) is 11.9. The number of aliphatic hydroxyl groups excluding tert-OH is 2.